The standard InChI is InChI=1S/C24H17N3O/c1-16-14-20(17-8-4-2-5-9-17)26-24-19(16)12-13-22-25-21(15-27(22)24)23(28)18-10-6-3-7-11-18/h2-15H,1H3. The molecule has 0 aliphatic carbocycles. The maximum atomic E-state index is 12.8. The molecule has 0 fully saturated rings. The molecule has 0 atom stereocenters. The first-order chi connectivity index (χ1) is 13.7. The Morgan fingerprint density at radius 3 is 2.32 bits per heavy atom. The molecular formula is C24H17N3O. The van der Waals surface area contributed by atoms with Crippen LogP contribution < -0.4 is 0 Å². The summed E-state index contributed by atoms with van der Waals surface area (Å²) in [6.07, 6.45) is 1.79. The second-order valence-electron chi connectivity index (χ2n) is 6.81. The van der Waals surface area contributed by atoms with E-state index in [2.05, 4.69) is 18.0 Å². The third kappa shape index (κ3) is 2.67. The number of aryl methyl sites for hydroxylation is 1. The lowest BCUT2D eigenvalue weighted by molar-refractivity contribution is 0.103. The van der Waals surface area contributed by atoms with E-state index in [1.165, 1.54) is 0 Å². The lowest BCUT2D eigenvalue weighted by Crippen LogP contribution is -2.00. The van der Waals surface area contributed by atoms with Crippen molar-refractivity contribution in [1.29, 1.82) is 0 Å². The highest BCUT2D eigenvalue weighted by molar-refractivity contribution is 6.08. The topological polar surface area (TPSA) is 47.3 Å². The highest BCUT2D eigenvalue weighted by atomic mass is 16.1. The summed E-state index contributed by atoms with van der Waals surface area (Å²) in [5, 5.41) is 1.04. The van der Waals surface area contributed by atoms with Crippen molar-refractivity contribution in [3.05, 3.63) is 102 Å². The number of aromatic nitrogens is 3. The zero-order chi connectivity index (χ0) is 19.1. The number of hydrogen-bond acceptors (Lipinski definition) is 3. The summed E-state index contributed by atoms with van der Waals surface area (Å²) >= 11 is 0. The highest BCUT2D eigenvalue weighted by Gasteiger charge is 2.15. The molecule has 5 rings (SSSR count). The zero-order valence-electron chi connectivity index (χ0n) is 15.3. The molecular weight excluding hydrogens is 346 g/mol. The van der Waals surface area contributed by atoms with Crippen molar-refractivity contribution in [1.82, 2.24) is 14.4 Å². The maximum Gasteiger partial charge on any atom is 0.212 e. The van der Waals surface area contributed by atoms with Crippen LogP contribution in [0.5, 0.6) is 0 Å². The van der Waals surface area contributed by atoms with Crippen LogP contribution >= 0.6 is 0 Å². The molecule has 0 saturated heterocycles. The zero-order valence-corrected chi connectivity index (χ0v) is 15.3. The highest BCUT2D eigenvalue weighted by Crippen LogP contribution is 2.25. The summed E-state index contributed by atoms with van der Waals surface area (Å²) < 4.78 is 1.91. The molecule has 0 unspecified atom stereocenters. The van der Waals surface area contributed by atoms with Crippen LogP contribution in [0.4, 0.5) is 0 Å². The van der Waals surface area contributed by atoms with E-state index in [0.717, 1.165) is 27.9 Å². The van der Waals surface area contributed by atoms with Gasteiger partial charge in [0.2, 0.25) is 5.78 Å². The number of carbonyl (C=O) groups excluding carboxylic acids is 1. The Balaban J connectivity index is 1.72. The third-order valence-electron chi connectivity index (χ3n) is 4.94. The molecule has 0 saturated carbocycles. The molecule has 0 aliphatic rings. The minimum Gasteiger partial charge on any atom is -0.287 e. The summed E-state index contributed by atoms with van der Waals surface area (Å²) in [6, 6.07) is 25.4. The van der Waals surface area contributed by atoms with Crippen LogP contribution in [0.1, 0.15) is 21.6 Å². The third-order valence-corrected chi connectivity index (χ3v) is 4.94. The fourth-order valence-corrected chi connectivity index (χ4v) is 3.50. The van der Waals surface area contributed by atoms with Crippen LogP contribution in [0.15, 0.2) is 85.1 Å². The van der Waals surface area contributed by atoms with Gasteiger partial charge in [0, 0.05) is 22.7 Å². The summed E-state index contributed by atoms with van der Waals surface area (Å²) in [4.78, 5) is 22.2. The van der Waals surface area contributed by atoms with Gasteiger partial charge in [-0.25, -0.2) is 9.97 Å². The molecule has 0 aliphatic heterocycles. The molecule has 2 aromatic carbocycles. The van der Waals surface area contributed by atoms with Crippen molar-refractivity contribution in [3.63, 3.8) is 0 Å². The predicted molar refractivity (Wildman–Crippen MR) is 111 cm³/mol. The Morgan fingerprint density at radius 2 is 1.57 bits per heavy atom. The fraction of sp³-hybridized carbons (Fsp3) is 0.0417. The molecule has 0 radical (unpaired) electrons. The Bertz CT molecular complexity index is 1320. The summed E-state index contributed by atoms with van der Waals surface area (Å²) in [5.74, 6) is -0.0895. The fourth-order valence-electron chi connectivity index (χ4n) is 3.50. The molecule has 3 aromatic heterocycles. The smallest absolute Gasteiger partial charge is 0.212 e. The Hall–Kier alpha value is -3.79. The van der Waals surface area contributed by atoms with Crippen LogP contribution in [0, 0.1) is 6.92 Å². The second kappa shape index (κ2) is 6.43. The molecule has 0 amide bonds. The van der Waals surface area contributed by atoms with Gasteiger partial charge in [-0.3, -0.25) is 9.20 Å². The van der Waals surface area contributed by atoms with Gasteiger partial charge in [0.05, 0.1) is 5.69 Å². The van der Waals surface area contributed by atoms with Gasteiger partial charge < -0.3 is 0 Å². The van der Waals surface area contributed by atoms with Gasteiger partial charge in [0.15, 0.2) is 0 Å². The van der Waals surface area contributed by atoms with E-state index in [-0.39, 0.29) is 5.78 Å². The largest absolute Gasteiger partial charge is 0.287 e. The molecule has 4 heteroatoms. The first-order valence-electron chi connectivity index (χ1n) is 9.15. The number of ketones is 1. The van der Waals surface area contributed by atoms with Gasteiger partial charge >= 0.3 is 0 Å². The Labute approximate surface area is 162 Å². The number of carbonyl (C=O) groups is 1. The van der Waals surface area contributed by atoms with Gasteiger partial charge in [-0.05, 0) is 30.7 Å². The quantitative estimate of drug-likeness (QED) is 0.420. The average Bonchev–Trinajstić information content (AvgIpc) is 3.19. The number of fused-ring (bicyclic) bond motifs is 3. The molecule has 5 aromatic rings. The van der Waals surface area contributed by atoms with Crippen LogP contribution in [0.2, 0.25) is 0 Å². The monoisotopic (exact) mass is 363 g/mol. The van der Waals surface area contributed by atoms with E-state index in [9.17, 15) is 4.79 Å². The average molecular weight is 363 g/mol. The molecule has 28 heavy (non-hydrogen) atoms. The van der Waals surface area contributed by atoms with Crippen molar-refractivity contribution in [2.75, 3.05) is 0 Å². The lowest BCUT2D eigenvalue weighted by atomic mass is 10.1. The maximum absolute atomic E-state index is 12.8. The molecule has 3 heterocycles. The number of rotatable bonds is 3. The first-order valence-corrected chi connectivity index (χ1v) is 9.15. The van der Waals surface area contributed by atoms with Crippen LogP contribution in [-0.4, -0.2) is 20.2 Å². The normalized spacial score (nSPS) is 11.2. The molecule has 0 bridgehead atoms. The van der Waals surface area contributed by atoms with Crippen molar-refractivity contribution in [3.8, 4) is 11.3 Å². The van der Waals surface area contributed by atoms with E-state index in [0.29, 0.717) is 16.9 Å². The summed E-state index contributed by atoms with van der Waals surface area (Å²) in [6.45, 7) is 2.08. The van der Waals surface area contributed by atoms with Gasteiger partial charge in [-0.2, -0.15) is 0 Å². The Morgan fingerprint density at radius 1 is 0.857 bits per heavy atom. The van der Waals surface area contributed by atoms with Gasteiger partial charge in [-0.15, -0.1) is 0 Å². The summed E-state index contributed by atoms with van der Waals surface area (Å²) in [7, 11) is 0. The molecule has 0 N–H and O–H groups in total. The minimum atomic E-state index is -0.0895. The van der Waals surface area contributed by atoms with Crippen molar-refractivity contribution < 1.29 is 4.79 Å². The van der Waals surface area contributed by atoms with Crippen molar-refractivity contribution >= 4 is 22.5 Å². The number of benzene rings is 2. The number of hydrogen-bond donors (Lipinski definition) is 0. The van der Waals surface area contributed by atoms with Gasteiger partial charge in [0.25, 0.3) is 0 Å². The summed E-state index contributed by atoms with van der Waals surface area (Å²) in [5.41, 5.74) is 5.66. The van der Waals surface area contributed by atoms with E-state index >= 15 is 0 Å². The van der Waals surface area contributed by atoms with Gasteiger partial charge in [0.1, 0.15) is 17.0 Å². The predicted octanol–water partition coefficient (Wildman–Crippen LogP) is 5.09. The van der Waals surface area contributed by atoms with Crippen molar-refractivity contribution in [2.24, 2.45) is 0 Å². The van der Waals surface area contributed by atoms with Crippen LogP contribution in [0.25, 0.3) is 27.9 Å². The van der Waals surface area contributed by atoms with E-state index in [4.69, 9.17) is 4.98 Å². The Kier molecular flexibility index (Phi) is 3.76. The second-order valence-corrected chi connectivity index (χ2v) is 6.81. The molecule has 134 valence electrons. The molecule has 0 spiro atoms. The first kappa shape index (κ1) is 16.4. The van der Waals surface area contributed by atoms with Crippen molar-refractivity contribution in [2.45, 2.75) is 6.92 Å². The van der Waals surface area contributed by atoms with E-state index in [1.54, 1.807) is 18.3 Å². The van der Waals surface area contributed by atoms with E-state index < -0.39 is 0 Å². The molecule has 4 nitrogen and oxygen atoms in total. The number of nitrogens with zero attached hydrogens (tertiary/aromatic N) is 3. The minimum absolute atomic E-state index is 0.0895. The van der Waals surface area contributed by atoms with Crippen LogP contribution in [-0.2, 0) is 0 Å². The number of pyridine rings is 2. The van der Waals surface area contributed by atoms with Gasteiger partial charge in [-0.1, -0.05) is 60.7 Å². The lowest BCUT2D eigenvalue weighted by Gasteiger charge is -2.08. The number of imidazole rings is 1. The SMILES string of the molecule is Cc1cc(-c2ccccc2)nc2c1ccc1nc(C(=O)c3ccccc3)cn12. The van der Waals surface area contributed by atoms with E-state index in [1.807, 2.05) is 65.1 Å². The van der Waals surface area contributed by atoms with Crippen LogP contribution in [0.3, 0.4) is 0 Å².